The van der Waals surface area contributed by atoms with Gasteiger partial charge in [0.2, 0.25) is 0 Å². The Labute approximate surface area is 170 Å². The number of carbonyl (C=O) groups excluding carboxylic acids is 1. The van der Waals surface area contributed by atoms with Gasteiger partial charge in [0.1, 0.15) is 12.4 Å². The quantitative estimate of drug-likeness (QED) is 0.501. The largest absolute Gasteiger partial charge is 0.492 e. The van der Waals surface area contributed by atoms with Crippen LogP contribution in [-0.2, 0) is 0 Å². The first-order valence-electron chi connectivity index (χ1n) is 9.59. The number of rotatable bonds is 10. The predicted octanol–water partition coefficient (Wildman–Crippen LogP) is 5.51. The molecule has 148 valence electrons. The lowest BCUT2D eigenvalue weighted by molar-refractivity contribution is 0.0975. The van der Waals surface area contributed by atoms with E-state index in [2.05, 4.69) is 37.8 Å². The zero-order valence-corrected chi connectivity index (χ0v) is 17.7. The van der Waals surface area contributed by atoms with Crippen LogP contribution < -0.4 is 4.74 Å². The van der Waals surface area contributed by atoms with Gasteiger partial charge < -0.3 is 9.64 Å². The molecular weight excluding hydrogens is 358 g/mol. The van der Waals surface area contributed by atoms with Gasteiger partial charge in [-0.15, -0.1) is 12.4 Å². The molecule has 0 saturated heterocycles. The van der Waals surface area contributed by atoms with E-state index in [1.54, 1.807) is 0 Å². The van der Waals surface area contributed by atoms with Gasteiger partial charge in [0.05, 0.1) is 0 Å². The van der Waals surface area contributed by atoms with Gasteiger partial charge in [-0.2, -0.15) is 0 Å². The summed E-state index contributed by atoms with van der Waals surface area (Å²) < 4.78 is 5.90. The standard InChI is InChI=1S/C23H31NO2.ClH/c1-5-24(6-2)14-15-26-23-13-12-21(16-19(23)4)22(25)17-18(3)20-10-8-7-9-11-20;/h7-13,16,18H,5-6,14-15,17H2,1-4H3;1H. The zero-order valence-electron chi connectivity index (χ0n) is 16.9. The van der Waals surface area contributed by atoms with Gasteiger partial charge in [0, 0.05) is 18.5 Å². The number of benzene rings is 2. The Hall–Kier alpha value is -1.84. The van der Waals surface area contributed by atoms with Crippen molar-refractivity contribution in [2.24, 2.45) is 0 Å². The van der Waals surface area contributed by atoms with Crippen LogP contribution in [0.15, 0.2) is 48.5 Å². The van der Waals surface area contributed by atoms with Crippen molar-refractivity contribution in [3.8, 4) is 5.75 Å². The minimum Gasteiger partial charge on any atom is -0.492 e. The summed E-state index contributed by atoms with van der Waals surface area (Å²) in [5.74, 6) is 1.26. The van der Waals surface area contributed by atoms with Crippen LogP contribution >= 0.6 is 12.4 Å². The Bertz CT molecular complexity index is 699. The molecule has 0 aliphatic heterocycles. The number of hydrogen-bond donors (Lipinski definition) is 0. The van der Waals surface area contributed by atoms with Crippen molar-refractivity contribution in [1.82, 2.24) is 4.90 Å². The molecule has 0 aliphatic carbocycles. The summed E-state index contributed by atoms with van der Waals surface area (Å²) in [6, 6.07) is 16.0. The normalized spacial score (nSPS) is 11.7. The molecule has 0 fully saturated rings. The van der Waals surface area contributed by atoms with Gasteiger partial charge in [0.25, 0.3) is 0 Å². The van der Waals surface area contributed by atoms with E-state index in [1.807, 2.05) is 43.3 Å². The zero-order chi connectivity index (χ0) is 18.9. The first-order valence-corrected chi connectivity index (χ1v) is 9.59. The van der Waals surface area contributed by atoms with Crippen molar-refractivity contribution in [2.45, 2.75) is 40.0 Å². The molecule has 0 aliphatic rings. The third-order valence-electron chi connectivity index (χ3n) is 4.92. The highest BCUT2D eigenvalue weighted by molar-refractivity contribution is 5.96. The van der Waals surface area contributed by atoms with Gasteiger partial charge in [0.15, 0.2) is 5.78 Å². The predicted molar refractivity (Wildman–Crippen MR) is 116 cm³/mol. The number of ether oxygens (including phenoxy) is 1. The monoisotopic (exact) mass is 389 g/mol. The number of nitrogens with zero attached hydrogens (tertiary/aromatic N) is 1. The fraction of sp³-hybridized carbons (Fsp3) is 0.435. The van der Waals surface area contributed by atoms with E-state index in [9.17, 15) is 4.79 Å². The fourth-order valence-electron chi connectivity index (χ4n) is 3.10. The molecule has 0 heterocycles. The Kier molecular flexibility index (Phi) is 10.1. The molecule has 0 amide bonds. The van der Waals surface area contributed by atoms with Crippen LogP contribution in [0.1, 0.15) is 54.6 Å². The van der Waals surface area contributed by atoms with Crippen molar-refractivity contribution in [3.05, 3.63) is 65.2 Å². The van der Waals surface area contributed by atoms with Crippen LogP contribution in [0.3, 0.4) is 0 Å². The lowest BCUT2D eigenvalue weighted by atomic mass is 9.93. The van der Waals surface area contributed by atoms with E-state index in [1.165, 1.54) is 5.56 Å². The van der Waals surface area contributed by atoms with Crippen molar-refractivity contribution in [2.75, 3.05) is 26.2 Å². The van der Waals surface area contributed by atoms with Gasteiger partial charge in [-0.3, -0.25) is 4.79 Å². The van der Waals surface area contributed by atoms with E-state index < -0.39 is 0 Å². The molecule has 2 rings (SSSR count). The summed E-state index contributed by atoms with van der Waals surface area (Å²) in [7, 11) is 0. The number of ketones is 1. The van der Waals surface area contributed by atoms with Crippen LogP contribution in [0.4, 0.5) is 0 Å². The van der Waals surface area contributed by atoms with Gasteiger partial charge >= 0.3 is 0 Å². The second-order valence-corrected chi connectivity index (χ2v) is 6.79. The first kappa shape index (κ1) is 23.2. The molecule has 4 heteroatoms. The van der Waals surface area contributed by atoms with Crippen LogP contribution in [0.5, 0.6) is 5.75 Å². The molecule has 0 saturated carbocycles. The van der Waals surface area contributed by atoms with Gasteiger partial charge in [-0.05, 0) is 55.3 Å². The molecule has 3 nitrogen and oxygen atoms in total. The van der Waals surface area contributed by atoms with E-state index in [0.29, 0.717) is 13.0 Å². The maximum Gasteiger partial charge on any atom is 0.163 e. The number of aryl methyl sites for hydroxylation is 1. The summed E-state index contributed by atoms with van der Waals surface area (Å²) >= 11 is 0. The molecule has 2 aromatic carbocycles. The van der Waals surface area contributed by atoms with E-state index in [0.717, 1.165) is 36.5 Å². The molecule has 2 aromatic rings. The summed E-state index contributed by atoms with van der Waals surface area (Å²) in [5.41, 5.74) is 2.98. The number of Topliss-reactive ketones (excluding diaryl/α,β-unsaturated/α-hetero) is 1. The smallest absolute Gasteiger partial charge is 0.163 e. The molecule has 0 spiro atoms. The van der Waals surface area contributed by atoms with E-state index in [4.69, 9.17) is 4.74 Å². The molecule has 0 N–H and O–H groups in total. The number of likely N-dealkylation sites (N-methyl/N-ethyl adjacent to an activating group) is 1. The molecule has 27 heavy (non-hydrogen) atoms. The highest BCUT2D eigenvalue weighted by Gasteiger charge is 2.14. The summed E-state index contributed by atoms with van der Waals surface area (Å²) in [6.45, 7) is 12.1. The van der Waals surface area contributed by atoms with Crippen molar-refractivity contribution >= 4 is 18.2 Å². The Balaban J connectivity index is 0.00000364. The van der Waals surface area contributed by atoms with Crippen LogP contribution in [0, 0.1) is 6.92 Å². The summed E-state index contributed by atoms with van der Waals surface area (Å²) in [6.07, 6.45) is 0.519. The third-order valence-corrected chi connectivity index (χ3v) is 4.92. The van der Waals surface area contributed by atoms with Crippen molar-refractivity contribution < 1.29 is 9.53 Å². The Morgan fingerprint density at radius 2 is 1.74 bits per heavy atom. The van der Waals surface area contributed by atoms with Gasteiger partial charge in [-0.1, -0.05) is 51.1 Å². The Morgan fingerprint density at radius 3 is 2.33 bits per heavy atom. The Morgan fingerprint density at radius 1 is 1.07 bits per heavy atom. The minimum absolute atomic E-state index is 0. The topological polar surface area (TPSA) is 29.5 Å². The third kappa shape index (κ3) is 7.00. The second-order valence-electron chi connectivity index (χ2n) is 6.79. The van der Waals surface area contributed by atoms with E-state index >= 15 is 0 Å². The molecule has 0 radical (unpaired) electrons. The van der Waals surface area contributed by atoms with Crippen LogP contribution in [0.25, 0.3) is 0 Å². The average molecular weight is 390 g/mol. The lowest BCUT2D eigenvalue weighted by Gasteiger charge is -2.18. The highest BCUT2D eigenvalue weighted by Crippen LogP contribution is 2.24. The van der Waals surface area contributed by atoms with Crippen LogP contribution in [-0.4, -0.2) is 36.9 Å². The molecule has 1 atom stereocenters. The number of hydrogen-bond acceptors (Lipinski definition) is 3. The fourth-order valence-corrected chi connectivity index (χ4v) is 3.10. The average Bonchev–Trinajstić information content (AvgIpc) is 2.67. The number of carbonyl (C=O) groups is 1. The summed E-state index contributed by atoms with van der Waals surface area (Å²) in [4.78, 5) is 15.0. The SMILES string of the molecule is CCN(CC)CCOc1ccc(C(=O)CC(C)c2ccccc2)cc1C.Cl. The second kappa shape index (κ2) is 11.8. The minimum atomic E-state index is 0. The lowest BCUT2D eigenvalue weighted by Crippen LogP contribution is -2.28. The maximum atomic E-state index is 12.6. The van der Waals surface area contributed by atoms with Crippen molar-refractivity contribution in [3.63, 3.8) is 0 Å². The molecule has 1 unspecified atom stereocenters. The maximum absolute atomic E-state index is 12.6. The number of halogens is 1. The molecule has 0 aromatic heterocycles. The molecule has 0 bridgehead atoms. The van der Waals surface area contributed by atoms with Gasteiger partial charge in [-0.25, -0.2) is 0 Å². The highest BCUT2D eigenvalue weighted by atomic mass is 35.5. The van der Waals surface area contributed by atoms with Crippen LogP contribution in [0.2, 0.25) is 0 Å². The first-order chi connectivity index (χ1) is 12.5. The summed E-state index contributed by atoms with van der Waals surface area (Å²) in [5, 5.41) is 0. The molecular formula is C23H32ClNO2. The van der Waals surface area contributed by atoms with E-state index in [-0.39, 0.29) is 24.1 Å². The van der Waals surface area contributed by atoms with Crippen molar-refractivity contribution in [1.29, 1.82) is 0 Å².